The van der Waals surface area contributed by atoms with Crippen molar-refractivity contribution >= 4 is 0 Å². The molecule has 2 rings (SSSR count). The van der Waals surface area contributed by atoms with Gasteiger partial charge in [-0.05, 0) is 89.4 Å². The average Bonchev–Trinajstić information content (AvgIpc) is 2.36. The number of rotatable bonds is 3. The first-order valence-electron chi connectivity index (χ1n) is 8.13. The summed E-state index contributed by atoms with van der Waals surface area (Å²) in [6, 6.07) is 14.5. The van der Waals surface area contributed by atoms with E-state index in [1.54, 1.807) is 0 Å². The number of hydrogen-bond acceptors (Lipinski definition) is 2. The Labute approximate surface area is 140 Å². The smallest absolute Gasteiger partial charge is 0.120 e. The summed E-state index contributed by atoms with van der Waals surface area (Å²) in [5, 5.41) is 0. The number of ether oxygens (including phenoxy) is 2. The van der Waals surface area contributed by atoms with Gasteiger partial charge in [0.05, 0.1) is 0 Å². The summed E-state index contributed by atoms with van der Waals surface area (Å²) in [6.07, 6.45) is 0. The van der Waals surface area contributed by atoms with E-state index in [9.17, 15) is 0 Å². The molecule has 0 amide bonds. The van der Waals surface area contributed by atoms with Crippen LogP contribution in [0.25, 0.3) is 11.1 Å². The van der Waals surface area contributed by atoms with Gasteiger partial charge in [-0.15, -0.1) is 0 Å². The van der Waals surface area contributed by atoms with E-state index in [0.29, 0.717) is 0 Å². The minimum atomic E-state index is -0.181. The van der Waals surface area contributed by atoms with Gasteiger partial charge < -0.3 is 9.47 Å². The molecule has 23 heavy (non-hydrogen) atoms. The van der Waals surface area contributed by atoms with Gasteiger partial charge in [-0.1, -0.05) is 18.2 Å². The third kappa shape index (κ3) is 5.31. The maximum absolute atomic E-state index is 5.93. The van der Waals surface area contributed by atoms with E-state index in [1.165, 1.54) is 16.7 Å². The van der Waals surface area contributed by atoms with Gasteiger partial charge in [-0.3, -0.25) is 0 Å². The van der Waals surface area contributed by atoms with Crippen LogP contribution in [-0.2, 0) is 0 Å². The second kappa shape index (κ2) is 6.27. The molecule has 0 fully saturated rings. The first-order chi connectivity index (χ1) is 10.5. The molecule has 0 heterocycles. The largest absolute Gasteiger partial charge is 0.488 e. The first kappa shape index (κ1) is 17.4. The van der Waals surface area contributed by atoms with Crippen LogP contribution in [0, 0.1) is 6.92 Å². The second-order valence-corrected chi connectivity index (χ2v) is 7.93. The molecule has 0 aromatic heterocycles. The highest BCUT2D eigenvalue weighted by molar-refractivity contribution is 5.68. The van der Waals surface area contributed by atoms with Gasteiger partial charge in [-0.2, -0.15) is 0 Å². The second-order valence-electron chi connectivity index (χ2n) is 7.93. The van der Waals surface area contributed by atoms with Crippen molar-refractivity contribution in [3.63, 3.8) is 0 Å². The van der Waals surface area contributed by atoms with E-state index < -0.39 is 0 Å². The molecule has 2 aromatic carbocycles. The minimum Gasteiger partial charge on any atom is -0.488 e. The van der Waals surface area contributed by atoms with E-state index in [-0.39, 0.29) is 11.2 Å². The van der Waals surface area contributed by atoms with E-state index >= 15 is 0 Å². The van der Waals surface area contributed by atoms with Gasteiger partial charge >= 0.3 is 0 Å². The van der Waals surface area contributed by atoms with E-state index in [2.05, 4.69) is 72.7 Å². The van der Waals surface area contributed by atoms with Crippen LogP contribution in [-0.4, -0.2) is 11.2 Å². The molecule has 2 aromatic rings. The Kier molecular flexibility index (Phi) is 4.74. The summed E-state index contributed by atoms with van der Waals surface area (Å²) in [7, 11) is 0. The molecule has 2 nitrogen and oxygen atoms in total. The summed E-state index contributed by atoms with van der Waals surface area (Å²) in [4.78, 5) is 0. The quantitative estimate of drug-likeness (QED) is 0.690. The lowest BCUT2D eigenvalue weighted by molar-refractivity contribution is 0.130. The monoisotopic (exact) mass is 312 g/mol. The molecule has 0 radical (unpaired) electrons. The van der Waals surface area contributed by atoms with Gasteiger partial charge in [0.15, 0.2) is 0 Å². The van der Waals surface area contributed by atoms with Crippen LogP contribution in [0.2, 0.25) is 0 Å². The van der Waals surface area contributed by atoms with Crippen molar-refractivity contribution in [1.82, 2.24) is 0 Å². The molecule has 0 aliphatic rings. The highest BCUT2D eigenvalue weighted by Crippen LogP contribution is 2.30. The van der Waals surface area contributed by atoms with Gasteiger partial charge in [0.1, 0.15) is 22.7 Å². The molecule has 0 aliphatic carbocycles. The maximum atomic E-state index is 5.93. The lowest BCUT2D eigenvalue weighted by Gasteiger charge is -2.22. The Morgan fingerprint density at radius 1 is 0.652 bits per heavy atom. The van der Waals surface area contributed by atoms with Gasteiger partial charge in [0, 0.05) is 0 Å². The number of benzene rings is 2. The zero-order chi connectivity index (χ0) is 17.3. The summed E-state index contributed by atoms with van der Waals surface area (Å²) >= 11 is 0. The van der Waals surface area contributed by atoms with Crippen molar-refractivity contribution in [3.05, 3.63) is 48.0 Å². The fraction of sp³-hybridized carbons (Fsp3) is 0.429. The summed E-state index contributed by atoms with van der Waals surface area (Å²) < 4.78 is 11.8. The fourth-order valence-electron chi connectivity index (χ4n) is 2.43. The summed E-state index contributed by atoms with van der Waals surface area (Å²) in [5.41, 5.74) is 3.25. The predicted molar refractivity (Wildman–Crippen MR) is 97.4 cm³/mol. The molecular formula is C21H28O2. The topological polar surface area (TPSA) is 18.5 Å². The molecule has 2 heteroatoms. The van der Waals surface area contributed by atoms with Crippen LogP contribution < -0.4 is 9.47 Å². The first-order valence-corrected chi connectivity index (χ1v) is 8.13. The molecule has 0 saturated heterocycles. The molecule has 0 saturated carbocycles. The molecule has 0 spiro atoms. The molecule has 0 bridgehead atoms. The predicted octanol–water partition coefficient (Wildman–Crippen LogP) is 6.02. The minimum absolute atomic E-state index is 0.177. The van der Waals surface area contributed by atoms with Crippen LogP contribution in [0.15, 0.2) is 42.5 Å². The summed E-state index contributed by atoms with van der Waals surface area (Å²) in [6.45, 7) is 14.5. The zero-order valence-electron chi connectivity index (χ0n) is 15.4. The lowest BCUT2D eigenvalue weighted by atomic mass is 10.00. The average molecular weight is 312 g/mol. The van der Waals surface area contributed by atoms with Gasteiger partial charge in [0.25, 0.3) is 0 Å². The highest BCUT2D eigenvalue weighted by atomic mass is 16.5. The van der Waals surface area contributed by atoms with Crippen LogP contribution in [0.3, 0.4) is 0 Å². The van der Waals surface area contributed by atoms with Gasteiger partial charge in [-0.25, -0.2) is 0 Å². The highest BCUT2D eigenvalue weighted by Gasteiger charge is 2.14. The molecule has 0 atom stereocenters. The van der Waals surface area contributed by atoms with Crippen molar-refractivity contribution in [3.8, 4) is 22.6 Å². The third-order valence-corrected chi connectivity index (χ3v) is 3.21. The van der Waals surface area contributed by atoms with Crippen LogP contribution >= 0.6 is 0 Å². The molecule has 0 aliphatic heterocycles. The van der Waals surface area contributed by atoms with E-state index in [0.717, 1.165) is 11.5 Å². The standard InChI is InChI=1S/C21H28O2/c1-15-14-18(23-21(5,6)7)12-13-19(15)16-8-10-17(11-9-16)22-20(2,3)4/h8-14H,1-7H3. The lowest BCUT2D eigenvalue weighted by Crippen LogP contribution is -2.23. The zero-order valence-corrected chi connectivity index (χ0v) is 15.4. The summed E-state index contributed by atoms with van der Waals surface area (Å²) in [5.74, 6) is 1.80. The number of hydrogen-bond donors (Lipinski definition) is 0. The van der Waals surface area contributed by atoms with Crippen molar-refractivity contribution < 1.29 is 9.47 Å². The Hall–Kier alpha value is -1.96. The van der Waals surface area contributed by atoms with Gasteiger partial charge in [0.2, 0.25) is 0 Å². The Bertz CT molecular complexity index is 656. The number of aryl methyl sites for hydroxylation is 1. The Morgan fingerprint density at radius 3 is 1.61 bits per heavy atom. The van der Waals surface area contributed by atoms with E-state index in [1.807, 2.05) is 18.2 Å². The maximum Gasteiger partial charge on any atom is 0.120 e. The van der Waals surface area contributed by atoms with E-state index in [4.69, 9.17) is 9.47 Å². The normalized spacial score (nSPS) is 12.1. The van der Waals surface area contributed by atoms with Crippen LogP contribution in [0.5, 0.6) is 11.5 Å². The third-order valence-electron chi connectivity index (χ3n) is 3.21. The fourth-order valence-corrected chi connectivity index (χ4v) is 2.43. The van der Waals surface area contributed by atoms with Crippen molar-refractivity contribution in [2.45, 2.75) is 59.7 Å². The van der Waals surface area contributed by atoms with Crippen molar-refractivity contribution in [2.24, 2.45) is 0 Å². The molecule has 0 N–H and O–H groups in total. The van der Waals surface area contributed by atoms with Crippen molar-refractivity contribution in [1.29, 1.82) is 0 Å². The Morgan fingerprint density at radius 2 is 1.13 bits per heavy atom. The molecule has 0 unspecified atom stereocenters. The van der Waals surface area contributed by atoms with Crippen LogP contribution in [0.1, 0.15) is 47.1 Å². The Balaban J connectivity index is 2.22. The SMILES string of the molecule is Cc1cc(OC(C)(C)C)ccc1-c1ccc(OC(C)(C)C)cc1. The molecular weight excluding hydrogens is 284 g/mol. The van der Waals surface area contributed by atoms with Crippen molar-refractivity contribution in [2.75, 3.05) is 0 Å². The van der Waals surface area contributed by atoms with Crippen LogP contribution in [0.4, 0.5) is 0 Å². The molecule has 124 valence electrons.